The minimum atomic E-state index is -0.501. The number of hydrogen-bond donors (Lipinski definition) is 1. The number of anilines is 1. The molecule has 7 nitrogen and oxygen atoms in total. The van der Waals surface area contributed by atoms with Gasteiger partial charge in [-0.25, -0.2) is 0 Å². The van der Waals surface area contributed by atoms with E-state index in [0.717, 1.165) is 11.4 Å². The maximum absolute atomic E-state index is 12.2. The summed E-state index contributed by atoms with van der Waals surface area (Å²) in [5, 5.41) is 22.8. The zero-order valence-corrected chi connectivity index (χ0v) is 14.2. The van der Waals surface area contributed by atoms with E-state index in [9.17, 15) is 14.9 Å². The van der Waals surface area contributed by atoms with Crippen molar-refractivity contribution in [2.24, 2.45) is 5.41 Å². The average molecular weight is 334 g/mol. The van der Waals surface area contributed by atoms with Crippen LogP contribution in [-0.2, 0) is 6.42 Å². The van der Waals surface area contributed by atoms with Gasteiger partial charge in [0.1, 0.15) is 5.01 Å². The number of amides is 1. The fourth-order valence-corrected chi connectivity index (χ4v) is 2.98. The first kappa shape index (κ1) is 17.0. The lowest BCUT2D eigenvalue weighted by molar-refractivity contribution is -0.385. The van der Waals surface area contributed by atoms with E-state index >= 15 is 0 Å². The van der Waals surface area contributed by atoms with Gasteiger partial charge in [0.25, 0.3) is 11.6 Å². The number of benzene rings is 1. The number of nitrogens with one attached hydrogen (secondary N) is 1. The lowest BCUT2D eigenvalue weighted by atomic mass is 9.93. The second kappa shape index (κ2) is 6.41. The van der Waals surface area contributed by atoms with Gasteiger partial charge in [0.2, 0.25) is 5.13 Å². The number of carbonyl (C=O) groups is 1. The van der Waals surface area contributed by atoms with Crippen molar-refractivity contribution in [2.75, 3.05) is 5.32 Å². The van der Waals surface area contributed by atoms with Gasteiger partial charge >= 0.3 is 0 Å². The minimum Gasteiger partial charge on any atom is -0.296 e. The molecule has 0 spiro atoms. The zero-order valence-electron chi connectivity index (χ0n) is 13.4. The van der Waals surface area contributed by atoms with Gasteiger partial charge in [-0.05, 0) is 18.4 Å². The highest BCUT2D eigenvalue weighted by Crippen LogP contribution is 2.25. The Morgan fingerprint density at radius 3 is 2.65 bits per heavy atom. The molecule has 2 aromatic rings. The van der Waals surface area contributed by atoms with E-state index in [1.165, 1.54) is 17.4 Å². The predicted octanol–water partition coefficient (Wildman–Crippen LogP) is 3.60. The van der Waals surface area contributed by atoms with Crippen LogP contribution in [-0.4, -0.2) is 21.0 Å². The summed E-state index contributed by atoms with van der Waals surface area (Å²) in [4.78, 5) is 22.6. The molecule has 0 unspecified atom stereocenters. The summed E-state index contributed by atoms with van der Waals surface area (Å²) in [5.41, 5.74) is 0.728. The van der Waals surface area contributed by atoms with E-state index in [-0.39, 0.29) is 16.7 Å². The second-order valence-corrected chi connectivity index (χ2v) is 7.51. The van der Waals surface area contributed by atoms with Crippen LogP contribution in [0, 0.1) is 22.5 Å². The van der Waals surface area contributed by atoms with Crippen molar-refractivity contribution in [3.05, 3.63) is 44.4 Å². The predicted molar refractivity (Wildman–Crippen MR) is 88.9 cm³/mol. The summed E-state index contributed by atoms with van der Waals surface area (Å²) in [6.07, 6.45) is 0.760. The Hall–Kier alpha value is -2.35. The Balaban J connectivity index is 2.13. The largest absolute Gasteiger partial charge is 0.296 e. The Morgan fingerprint density at radius 1 is 1.35 bits per heavy atom. The molecule has 1 heterocycles. The number of nitro groups is 1. The quantitative estimate of drug-likeness (QED) is 0.680. The van der Waals surface area contributed by atoms with Gasteiger partial charge in [-0.1, -0.05) is 38.2 Å². The molecule has 1 aromatic heterocycles. The number of aromatic nitrogens is 2. The van der Waals surface area contributed by atoms with Gasteiger partial charge in [0.05, 0.1) is 4.92 Å². The molecule has 0 saturated heterocycles. The summed E-state index contributed by atoms with van der Waals surface area (Å²) < 4.78 is 0. The van der Waals surface area contributed by atoms with E-state index in [1.54, 1.807) is 19.1 Å². The average Bonchev–Trinajstić information content (AvgIpc) is 2.83. The minimum absolute atomic E-state index is 0.0802. The molecule has 0 atom stereocenters. The van der Waals surface area contributed by atoms with Crippen LogP contribution in [0.3, 0.4) is 0 Å². The molecule has 0 bridgehead atoms. The smallest absolute Gasteiger partial charge is 0.273 e. The molecule has 0 aliphatic heterocycles. The molecular formula is C15H18N4O3S. The molecule has 1 amide bonds. The molecule has 1 N–H and O–H groups in total. The Labute approximate surface area is 137 Å². The number of nitro benzene ring substituents is 1. The molecule has 0 radical (unpaired) electrons. The van der Waals surface area contributed by atoms with Crippen molar-refractivity contribution >= 4 is 28.1 Å². The second-order valence-electron chi connectivity index (χ2n) is 6.45. The maximum atomic E-state index is 12.2. The van der Waals surface area contributed by atoms with Gasteiger partial charge < -0.3 is 0 Å². The fraction of sp³-hybridized carbons (Fsp3) is 0.400. The molecule has 1 aromatic carbocycles. The number of aryl methyl sites for hydroxylation is 1. The van der Waals surface area contributed by atoms with Crippen molar-refractivity contribution in [3.63, 3.8) is 0 Å². The first-order valence-electron chi connectivity index (χ1n) is 7.04. The number of hydrogen-bond acceptors (Lipinski definition) is 6. The third kappa shape index (κ3) is 4.56. The van der Waals surface area contributed by atoms with Crippen molar-refractivity contribution in [1.82, 2.24) is 10.2 Å². The lowest BCUT2D eigenvalue weighted by Crippen LogP contribution is -2.12. The maximum Gasteiger partial charge on any atom is 0.273 e. The van der Waals surface area contributed by atoms with Crippen molar-refractivity contribution in [2.45, 2.75) is 34.1 Å². The van der Waals surface area contributed by atoms with Gasteiger partial charge in [0, 0.05) is 23.6 Å². The van der Waals surface area contributed by atoms with Crippen LogP contribution >= 0.6 is 11.3 Å². The molecule has 2 rings (SSSR count). The molecule has 0 saturated carbocycles. The standard InChI is InChI=1S/C15H18N4O3S/c1-9-5-6-10(7-11(9)19(21)22)13(20)16-14-18-17-12(23-14)8-15(2,3)4/h5-7H,8H2,1-4H3,(H,16,18,20). The number of nitrogens with zero attached hydrogens (tertiary/aromatic N) is 3. The van der Waals surface area contributed by atoms with Gasteiger partial charge in [-0.2, -0.15) is 0 Å². The van der Waals surface area contributed by atoms with Crippen LogP contribution < -0.4 is 5.32 Å². The van der Waals surface area contributed by atoms with Crippen LogP contribution in [0.15, 0.2) is 18.2 Å². The molecule has 8 heteroatoms. The van der Waals surface area contributed by atoms with Gasteiger partial charge in [-0.15, -0.1) is 10.2 Å². The highest BCUT2D eigenvalue weighted by molar-refractivity contribution is 7.15. The Kier molecular flexibility index (Phi) is 4.74. The summed E-state index contributed by atoms with van der Waals surface area (Å²) in [7, 11) is 0. The lowest BCUT2D eigenvalue weighted by Gasteiger charge is -2.14. The first-order valence-corrected chi connectivity index (χ1v) is 7.86. The van der Waals surface area contributed by atoms with E-state index in [0.29, 0.717) is 10.7 Å². The monoisotopic (exact) mass is 334 g/mol. The number of carbonyl (C=O) groups excluding carboxylic acids is 1. The van der Waals surface area contributed by atoms with Crippen molar-refractivity contribution in [3.8, 4) is 0 Å². The van der Waals surface area contributed by atoms with Crippen LogP contribution in [0.1, 0.15) is 41.7 Å². The molecule has 0 aliphatic carbocycles. The summed E-state index contributed by atoms with van der Waals surface area (Å²) in [5.74, 6) is -0.438. The van der Waals surface area contributed by atoms with Crippen LogP contribution in [0.5, 0.6) is 0 Å². The summed E-state index contributed by atoms with van der Waals surface area (Å²) >= 11 is 1.31. The fourth-order valence-electron chi connectivity index (χ4n) is 1.95. The Bertz CT molecular complexity index is 749. The molecular weight excluding hydrogens is 316 g/mol. The zero-order chi connectivity index (χ0) is 17.2. The normalized spacial score (nSPS) is 11.3. The number of rotatable bonds is 4. The van der Waals surface area contributed by atoms with E-state index in [2.05, 4.69) is 36.3 Å². The molecule has 23 heavy (non-hydrogen) atoms. The van der Waals surface area contributed by atoms with Crippen molar-refractivity contribution < 1.29 is 9.72 Å². The topological polar surface area (TPSA) is 98.0 Å². The van der Waals surface area contributed by atoms with Gasteiger partial charge in [-0.3, -0.25) is 20.2 Å². The SMILES string of the molecule is Cc1ccc(C(=O)Nc2nnc(CC(C)(C)C)s2)cc1[N+](=O)[O-]. The highest BCUT2D eigenvalue weighted by atomic mass is 32.1. The third-order valence-electron chi connectivity index (χ3n) is 3.04. The van der Waals surface area contributed by atoms with Gasteiger partial charge in [0.15, 0.2) is 0 Å². The van der Waals surface area contributed by atoms with Crippen LogP contribution in [0.25, 0.3) is 0 Å². The summed E-state index contributed by atoms with van der Waals surface area (Å²) in [6, 6.07) is 4.37. The van der Waals surface area contributed by atoms with Crippen LogP contribution in [0.4, 0.5) is 10.8 Å². The molecule has 0 aliphatic rings. The van der Waals surface area contributed by atoms with Crippen molar-refractivity contribution in [1.29, 1.82) is 0 Å². The highest BCUT2D eigenvalue weighted by Gasteiger charge is 2.18. The van der Waals surface area contributed by atoms with Crippen LogP contribution in [0.2, 0.25) is 0 Å². The van der Waals surface area contributed by atoms with E-state index in [1.807, 2.05) is 0 Å². The Morgan fingerprint density at radius 2 is 2.04 bits per heavy atom. The van der Waals surface area contributed by atoms with E-state index in [4.69, 9.17) is 0 Å². The molecule has 122 valence electrons. The first-order chi connectivity index (χ1) is 10.7. The summed E-state index contributed by atoms with van der Waals surface area (Å²) in [6.45, 7) is 7.91. The molecule has 0 fully saturated rings. The third-order valence-corrected chi connectivity index (χ3v) is 3.88. The van der Waals surface area contributed by atoms with E-state index < -0.39 is 10.8 Å².